The van der Waals surface area contributed by atoms with Crippen molar-refractivity contribution in [3.8, 4) is 0 Å². The Hall–Kier alpha value is -2.44. The Balaban J connectivity index is 1.52. The van der Waals surface area contributed by atoms with Gasteiger partial charge in [-0.2, -0.15) is 0 Å². The van der Waals surface area contributed by atoms with Gasteiger partial charge < -0.3 is 9.80 Å². The number of hydrogen-bond acceptors (Lipinski definition) is 4. The molecule has 0 atom stereocenters. The van der Waals surface area contributed by atoms with Crippen molar-refractivity contribution >= 4 is 40.2 Å². The number of benzene rings is 1. The van der Waals surface area contributed by atoms with E-state index in [-0.39, 0.29) is 11.8 Å². The monoisotopic (exact) mass is 410 g/mol. The maximum absolute atomic E-state index is 13.2. The molecule has 3 aromatic rings. The van der Waals surface area contributed by atoms with E-state index >= 15 is 0 Å². The van der Waals surface area contributed by atoms with Crippen LogP contribution < -0.4 is 4.90 Å². The number of nitrogens with zero attached hydrogens (tertiary/aromatic N) is 2. The van der Waals surface area contributed by atoms with Crippen LogP contribution in [0.1, 0.15) is 39.4 Å². The van der Waals surface area contributed by atoms with Gasteiger partial charge in [0.1, 0.15) is 0 Å². The van der Waals surface area contributed by atoms with E-state index in [1.54, 1.807) is 22.7 Å². The molecule has 6 heteroatoms. The van der Waals surface area contributed by atoms with Gasteiger partial charge in [0.05, 0.1) is 13.1 Å². The van der Waals surface area contributed by atoms with Gasteiger partial charge in [0.25, 0.3) is 5.91 Å². The number of amides is 2. The summed E-state index contributed by atoms with van der Waals surface area (Å²) in [5.74, 6) is 0.181. The Morgan fingerprint density at radius 3 is 2.11 bits per heavy atom. The molecule has 144 valence electrons. The van der Waals surface area contributed by atoms with Gasteiger partial charge in [0.15, 0.2) is 0 Å². The van der Waals surface area contributed by atoms with Gasteiger partial charge in [-0.15, -0.1) is 22.7 Å². The molecule has 0 N–H and O–H groups in total. The zero-order chi connectivity index (χ0) is 19.3. The van der Waals surface area contributed by atoms with E-state index in [4.69, 9.17) is 0 Å². The number of hydrogen-bond donors (Lipinski definition) is 0. The first-order valence-electron chi connectivity index (χ1n) is 9.45. The van der Waals surface area contributed by atoms with Gasteiger partial charge in [0, 0.05) is 34.0 Å². The minimum absolute atomic E-state index is 0.0123. The topological polar surface area (TPSA) is 40.6 Å². The molecule has 1 aromatic carbocycles. The summed E-state index contributed by atoms with van der Waals surface area (Å²) in [5, 5.41) is 4.07. The molecule has 1 aliphatic rings. The Labute approximate surface area is 173 Å². The van der Waals surface area contributed by atoms with Crippen molar-refractivity contribution in [3.63, 3.8) is 0 Å². The van der Waals surface area contributed by atoms with Crippen LogP contribution >= 0.6 is 22.7 Å². The number of anilines is 1. The molecule has 0 radical (unpaired) electrons. The number of thiophene rings is 2. The second kappa shape index (κ2) is 8.71. The molecule has 1 saturated heterocycles. The number of carbonyl (C=O) groups excluding carboxylic acids is 2. The van der Waals surface area contributed by atoms with Gasteiger partial charge >= 0.3 is 0 Å². The van der Waals surface area contributed by atoms with Crippen LogP contribution in [0.3, 0.4) is 0 Å². The maximum Gasteiger partial charge on any atom is 0.254 e. The van der Waals surface area contributed by atoms with Crippen molar-refractivity contribution in [2.24, 2.45) is 0 Å². The summed E-state index contributed by atoms with van der Waals surface area (Å²) in [6, 6.07) is 15.6. The Bertz CT molecular complexity index is 882. The molecule has 1 fully saturated rings. The van der Waals surface area contributed by atoms with E-state index in [2.05, 4.69) is 12.1 Å². The lowest BCUT2D eigenvalue weighted by atomic mass is 10.1. The average molecular weight is 411 g/mol. The van der Waals surface area contributed by atoms with E-state index in [0.29, 0.717) is 25.1 Å². The predicted octanol–water partition coefficient (Wildman–Crippen LogP) is 5.17. The third-order valence-electron chi connectivity index (χ3n) is 4.89. The first kappa shape index (κ1) is 18.9. The van der Waals surface area contributed by atoms with Crippen molar-refractivity contribution in [3.05, 3.63) is 74.6 Å². The third-order valence-corrected chi connectivity index (χ3v) is 6.61. The van der Waals surface area contributed by atoms with E-state index in [1.165, 1.54) is 9.75 Å². The molecule has 1 aliphatic heterocycles. The normalized spacial score (nSPS) is 14.3. The zero-order valence-electron chi connectivity index (χ0n) is 15.5. The lowest BCUT2D eigenvalue weighted by Gasteiger charge is -2.27. The first-order chi connectivity index (χ1) is 13.7. The van der Waals surface area contributed by atoms with Gasteiger partial charge in [-0.05, 0) is 60.0 Å². The lowest BCUT2D eigenvalue weighted by molar-refractivity contribution is -0.119. The van der Waals surface area contributed by atoms with Crippen LogP contribution in [0.2, 0.25) is 0 Å². The quantitative estimate of drug-likeness (QED) is 0.562. The molecule has 28 heavy (non-hydrogen) atoms. The number of piperidine rings is 1. The molecule has 2 amide bonds. The van der Waals surface area contributed by atoms with Gasteiger partial charge in [-0.3, -0.25) is 9.59 Å². The van der Waals surface area contributed by atoms with E-state index in [0.717, 1.165) is 25.1 Å². The fraction of sp³-hybridized carbons (Fsp3) is 0.273. The Morgan fingerprint density at radius 1 is 0.929 bits per heavy atom. The second-order valence-electron chi connectivity index (χ2n) is 6.87. The molecule has 0 saturated carbocycles. The molecular weight excluding hydrogens is 388 g/mol. The van der Waals surface area contributed by atoms with E-state index in [1.807, 2.05) is 57.0 Å². The first-order valence-corrected chi connectivity index (χ1v) is 11.2. The SMILES string of the molecule is O=C(c1ccc(N2CCCCC2=O)cc1)N(Cc1cccs1)Cc1cccs1. The molecule has 2 aromatic heterocycles. The summed E-state index contributed by atoms with van der Waals surface area (Å²) < 4.78 is 0. The Kier molecular flexibility index (Phi) is 5.88. The minimum Gasteiger partial charge on any atom is -0.328 e. The van der Waals surface area contributed by atoms with Gasteiger partial charge in [-0.1, -0.05) is 12.1 Å². The van der Waals surface area contributed by atoms with Crippen LogP contribution in [0, 0.1) is 0 Å². The van der Waals surface area contributed by atoms with Crippen LogP contribution in [0.25, 0.3) is 0 Å². The smallest absolute Gasteiger partial charge is 0.254 e. The molecule has 3 heterocycles. The highest BCUT2D eigenvalue weighted by molar-refractivity contribution is 7.10. The van der Waals surface area contributed by atoms with Crippen LogP contribution in [0.15, 0.2) is 59.3 Å². The van der Waals surface area contributed by atoms with Crippen molar-refractivity contribution in [2.45, 2.75) is 32.4 Å². The molecule has 0 aliphatic carbocycles. The lowest BCUT2D eigenvalue weighted by Crippen LogP contribution is -2.35. The van der Waals surface area contributed by atoms with Gasteiger partial charge in [0.2, 0.25) is 5.91 Å². The summed E-state index contributed by atoms with van der Waals surface area (Å²) >= 11 is 3.33. The Morgan fingerprint density at radius 2 is 1.57 bits per heavy atom. The van der Waals surface area contributed by atoms with Crippen LogP contribution in [-0.2, 0) is 17.9 Å². The second-order valence-corrected chi connectivity index (χ2v) is 8.93. The minimum atomic E-state index is 0.0123. The molecule has 4 rings (SSSR count). The predicted molar refractivity (Wildman–Crippen MR) is 115 cm³/mol. The molecule has 0 bridgehead atoms. The summed E-state index contributed by atoms with van der Waals surface area (Å²) in [7, 11) is 0. The fourth-order valence-corrected chi connectivity index (χ4v) is 4.87. The van der Waals surface area contributed by atoms with Crippen molar-refractivity contribution in [2.75, 3.05) is 11.4 Å². The largest absolute Gasteiger partial charge is 0.328 e. The highest BCUT2D eigenvalue weighted by Crippen LogP contribution is 2.23. The number of rotatable bonds is 6. The van der Waals surface area contributed by atoms with Crippen LogP contribution in [0.4, 0.5) is 5.69 Å². The van der Waals surface area contributed by atoms with Crippen LogP contribution in [-0.4, -0.2) is 23.3 Å². The summed E-state index contributed by atoms with van der Waals surface area (Å²) in [6.45, 7) is 1.95. The van der Waals surface area contributed by atoms with Crippen molar-refractivity contribution in [1.29, 1.82) is 0 Å². The van der Waals surface area contributed by atoms with Gasteiger partial charge in [-0.25, -0.2) is 0 Å². The van der Waals surface area contributed by atoms with E-state index < -0.39 is 0 Å². The average Bonchev–Trinajstić information content (AvgIpc) is 3.42. The molecule has 0 unspecified atom stereocenters. The molecular formula is C22H22N2O2S2. The van der Waals surface area contributed by atoms with Crippen molar-refractivity contribution < 1.29 is 9.59 Å². The highest BCUT2D eigenvalue weighted by Gasteiger charge is 2.21. The highest BCUT2D eigenvalue weighted by atomic mass is 32.1. The third kappa shape index (κ3) is 4.34. The van der Waals surface area contributed by atoms with E-state index in [9.17, 15) is 9.59 Å². The number of carbonyl (C=O) groups is 2. The van der Waals surface area contributed by atoms with Crippen LogP contribution in [0.5, 0.6) is 0 Å². The summed E-state index contributed by atoms with van der Waals surface area (Å²) in [6.07, 6.45) is 2.60. The standard InChI is InChI=1S/C22H22N2O2S2/c25-21-7-1-2-12-24(21)18-10-8-17(9-11-18)22(26)23(15-19-5-3-13-27-19)16-20-6-4-14-28-20/h3-6,8-11,13-14H,1-2,7,12,15-16H2. The molecule has 4 nitrogen and oxygen atoms in total. The maximum atomic E-state index is 13.2. The fourth-order valence-electron chi connectivity index (χ4n) is 3.43. The molecule has 0 spiro atoms. The summed E-state index contributed by atoms with van der Waals surface area (Å²) in [4.78, 5) is 31.4. The van der Waals surface area contributed by atoms with Crippen molar-refractivity contribution in [1.82, 2.24) is 4.90 Å². The summed E-state index contributed by atoms with van der Waals surface area (Å²) in [5.41, 5.74) is 1.53. The zero-order valence-corrected chi connectivity index (χ0v) is 17.2.